The van der Waals surface area contributed by atoms with Gasteiger partial charge in [0.05, 0.1) is 25.4 Å². The van der Waals surface area contributed by atoms with E-state index in [0.717, 1.165) is 44.9 Å². The van der Waals surface area contributed by atoms with E-state index in [9.17, 15) is 40.5 Å². The molecule has 1 saturated heterocycles. The molecule has 0 spiro atoms. The molecule has 11 nitrogen and oxygen atoms in total. The fraction of sp³-hybridized carbons (Fsp3) is 0.904. The molecule has 0 aromatic rings. The lowest BCUT2D eigenvalue weighted by Crippen LogP contribution is -2.60. The summed E-state index contributed by atoms with van der Waals surface area (Å²) in [4.78, 5) is 13.3. The topological polar surface area (TPSA) is 189 Å². The standard InChI is InChI=1S/C73H139NO10/c1-3-5-7-9-11-13-15-17-19-21-23-25-27-29-31-33-35-36-38-40-42-44-46-48-50-52-54-56-58-60-65(76)68(78)64(63-83-73-71(81)70(80)69(79)67(62-75)84-73)74-72(82)66(77)61-59-57-55-53-51-49-47-45-43-41-39-37-34-32-30-28-26-24-22-20-18-16-14-12-10-8-6-4-2/h24,26,30,32,52,54,64-71,73,75-81H,3-23,25,27-29,31,33-51,53,55-63H2,1-2H3,(H,74,82)/b26-24-,32-30-,54-52+. The maximum atomic E-state index is 13.3. The van der Waals surface area contributed by atoms with Gasteiger partial charge < -0.3 is 50.5 Å². The molecule has 1 aliphatic heterocycles. The maximum Gasteiger partial charge on any atom is 0.249 e. The average Bonchev–Trinajstić information content (AvgIpc) is 3.66. The highest BCUT2D eigenvalue weighted by molar-refractivity contribution is 5.80. The summed E-state index contributed by atoms with van der Waals surface area (Å²) in [6.07, 6.45) is 68.1. The minimum Gasteiger partial charge on any atom is -0.394 e. The van der Waals surface area contributed by atoms with Crippen LogP contribution in [0, 0.1) is 0 Å². The number of hydrogen-bond donors (Lipinski definition) is 8. The highest BCUT2D eigenvalue weighted by Gasteiger charge is 2.44. The molecule has 1 heterocycles. The predicted octanol–water partition coefficient (Wildman–Crippen LogP) is 17.8. The zero-order valence-corrected chi connectivity index (χ0v) is 54.9. The van der Waals surface area contributed by atoms with Gasteiger partial charge in [-0.05, 0) is 70.6 Å². The van der Waals surface area contributed by atoms with Gasteiger partial charge in [0.25, 0.3) is 0 Å². The summed E-state index contributed by atoms with van der Waals surface area (Å²) in [5, 5.41) is 76.5. The van der Waals surface area contributed by atoms with E-state index in [1.165, 1.54) is 270 Å². The lowest BCUT2D eigenvalue weighted by atomic mass is 9.98. The fourth-order valence-corrected chi connectivity index (χ4v) is 11.8. The molecule has 9 atom stereocenters. The number of aliphatic hydroxyl groups is 7. The van der Waals surface area contributed by atoms with Gasteiger partial charge in [-0.15, -0.1) is 0 Å². The van der Waals surface area contributed by atoms with Gasteiger partial charge in [0.2, 0.25) is 5.91 Å². The van der Waals surface area contributed by atoms with Crippen molar-refractivity contribution in [3.8, 4) is 0 Å². The predicted molar refractivity (Wildman–Crippen MR) is 353 cm³/mol. The second-order valence-corrected chi connectivity index (χ2v) is 25.7. The first-order valence-electron chi connectivity index (χ1n) is 36.4. The Bertz CT molecular complexity index is 1460. The minimum absolute atomic E-state index is 0.253. The average molecular weight is 1190 g/mol. The minimum atomic E-state index is -1.67. The highest BCUT2D eigenvalue weighted by atomic mass is 16.7. The number of carbonyl (C=O) groups excluding carboxylic acids is 1. The van der Waals surface area contributed by atoms with Crippen LogP contribution < -0.4 is 5.32 Å². The summed E-state index contributed by atoms with van der Waals surface area (Å²) in [6, 6.07) is -1.19. The van der Waals surface area contributed by atoms with Crippen molar-refractivity contribution in [2.24, 2.45) is 0 Å². The molecule has 0 aromatic heterocycles. The first-order valence-corrected chi connectivity index (χ1v) is 36.4. The number of unbranched alkanes of at least 4 members (excludes halogenated alkanes) is 46. The van der Waals surface area contributed by atoms with Crippen LogP contribution in [0.3, 0.4) is 0 Å². The first-order chi connectivity index (χ1) is 41.2. The summed E-state index contributed by atoms with van der Waals surface area (Å²) >= 11 is 0. The Hall–Kier alpha value is -1.67. The Kier molecular flexibility index (Phi) is 58.9. The van der Waals surface area contributed by atoms with Gasteiger partial charge in [0.15, 0.2) is 6.29 Å². The van der Waals surface area contributed by atoms with Gasteiger partial charge in [-0.2, -0.15) is 0 Å². The molecule has 84 heavy (non-hydrogen) atoms. The van der Waals surface area contributed by atoms with Crippen molar-refractivity contribution < 1.29 is 50.0 Å². The highest BCUT2D eigenvalue weighted by Crippen LogP contribution is 2.24. The lowest BCUT2D eigenvalue weighted by molar-refractivity contribution is -0.303. The van der Waals surface area contributed by atoms with Crippen LogP contribution in [0.2, 0.25) is 0 Å². The zero-order chi connectivity index (χ0) is 61.0. The molecule has 496 valence electrons. The van der Waals surface area contributed by atoms with Crippen LogP contribution in [0.4, 0.5) is 0 Å². The molecule has 9 unspecified atom stereocenters. The van der Waals surface area contributed by atoms with E-state index in [2.05, 4.69) is 55.6 Å². The monoisotopic (exact) mass is 1190 g/mol. The Balaban J connectivity index is 2.21. The van der Waals surface area contributed by atoms with Crippen LogP contribution >= 0.6 is 0 Å². The van der Waals surface area contributed by atoms with Crippen LogP contribution in [-0.2, 0) is 14.3 Å². The van der Waals surface area contributed by atoms with Crippen molar-refractivity contribution in [1.29, 1.82) is 0 Å². The van der Waals surface area contributed by atoms with E-state index < -0.39 is 74.2 Å². The van der Waals surface area contributed by atoms with E-state index in [-0.39, 0.29) is 12.8 Å². The van der Waals surface area contributed by atoms with Crippen molar-refractivity contribution >= 4 is 5.91 Å². The summed E-state index contributed by atoms with van der Waals surface area (Å²) in [7, 11) is 0. The molecule has 0 aliphatic carbocycles. The van der Waals surface area contributed by atoms with Crippen molar-refractivity contribution in [2.45, 2.75) is 409 Å². The van der Waals surface area contributed by atoms with Gasteiger partial charge in [-0.25, -0.2) is 0 Å². The second-order valence-electron chi connectivity index (χ2n) is 25.7. The van der Waals surface area contributed by atoms with Crippen molar-refractivity contribution in [2.75, 3.05) is 13.2 Å². The molecule has 1 fully saturated rings. The number of rotatable bonds is 64. The van der Waals surface area contributed by atoms with Gasteiger partial charge in [0.1, 0.15) is 36.6 Å². The summed E-state index contributed by atoms with van der Waals surface area (Å²) in [5.41, 5.74) is 0. The molecule has 1 amide bonds. The smallest absolute Gasteiger partial charge is 0.249 e. The van der Waals surface area contributed by atoms with Gasteiger partial charge in [-0.3, -0.25) is 4.79 Å². The Labute approximate surface area is 517 Å². The van der Waals surface area contributed by atoms with Gasteiger partial charge >= 0.3 is 0 Å². The largest absolute Gasteiger partial charge is 0.394 e. The number of allylic oxidation sites excluding steroid dienone is 6. The molecule has 0 radical (unpaired) electrons. The molecule has 8 N–H and O–H groups in total. The van der Waals surface area contributed by atoms with Crippen LogP contribution in [0.1, 0.15) is 354 Å². The second kappa shape index (κ2) is 61.6. The number of hydrogen-bond acceptors (Lipinski definition) is 10. The van der Waals surface area contributed by atoms with Crippen LogP contribution in [0.15, 0.2) is 36.5 Å². The van der Waals surface area contributed by atoms with E-state index in [1.807, 2.05) is 0 Å². The first kappa shape index (κ1) is 80.3. The number of aliphatic hydroxyl groups excluding tert-OH is 7. The van der Waals surface area contributed by atoms with Crippen LogP contribution in [0.5, 0.6) is 0 Å². The van der Waals surface area contributed by atoms with E-state index in [4.69, 9.17) is 9.47 Å². The Morgan fingerprint density at radius 1 is 0.417 bits per heavy atom. The maximum absolute atomic E-state index is 13.3. The fourth-order valence-electron chi connectivity index (χ4n) is 11.8. The Morgan fingerprint density at radius 2 is 0.738 bits per heavy atom. The molecule has 1 aliphatic rings. The molecule has 1 rings (SSSR count). The van der Waals surface area contributed by atoms with E-state index >= 15 is 0 Å². The SMILES string of the molecule is CCCCCCCCCCC/C=C\C/C=C\CCCCCCCCCCCCCCC(O)C(=O)NC(COC1OC(CO)C(O)C(O)C1O)C(O)C(O)CCC/C=C/CCCCCCCCCCCCCCCCCCCCCCCCCC. The molecule has 0 saturated carbocycles. The zero-order valence-electron chi connectivity index (χ0n) is 54.9. The normalized spacial score (nSPS) is 19.1. The molecular formula is C73H139NO10. The molecular weight excluding hydrogens is 1050 g/mol. The third-order valence-electron chi connectivity index (χ3n) is 17.7. The Morgan fingerprint density at radius 3 is 1.10 bits per heavy atom. The molecule has 0 aromatic carbocycles. The molecule has 11 heteroatoms. The lowest BCUT2D eigenvalue weighted by Gasteiger charge is -2.40. The number of nitrogens with one attached hydrogen (secondary N) is 1. The van der Waals surface area contributed by atoms with Crippen molar-refractivity contribution in [3.05, 3.63) is 36.5 Å². The van der Waals surface area contributed by atoms with Crippen molar-refractivity contribution in [1.82, 2.24) is 5.32 Å². The number of ether oxygens (including phenoxy) is 2. The number of carbonyl (C=O) groups is 1. The van der Waals surface area contributed by atoms with E-state index in [1.54, 1.807) is 0 Å². The molecule has 0 bridgehead atoms. The summed E-state index contributed by atoms with van der Waals surface area (Å²) in [6.45, 7) is 3.50. The summed E-state index contributed by atoms with van der Waals surface area (Å²) < 4.78 is 11.2. The van der Waals surface area contributed by atoms with Crippen molar-refractivity contribution in [3.63, 3.8) is 0 Å². The third kappa shape index (κ3) is 48.3. The quantitative estimate of drug-likeness (QED) is 0.0215. The third-order valence-corrected chi connectivity index (χ3v) is 17.7. The van der Waals surface area contributed by atoms with Crippen LogP contribution in [0.25, 0.3) is 0 Å². The van der Waals surface area contributed by atoms with Gasteiger partial charge in [0, 0.05) is 0 Å². The van der Waals surface area contributed by atoms with Gasteiger partial charge in [-0.1, -0.05) is 320 Å². The number of amides is 1. The summed E-state index contributed by atoms with van der Waals surface area (Å²) in [5.74, 6) is -0.703. The van der Waals surface area contributed by atoms with E-state index in [0.29, 0.717) is 12.8 Å². The van der Waals surface area contributed by atoms with Crippen LogP contribution in [-0.4, -0.2) is 110 Å².